The van der Waals surface area contributed by atoms with Gasteiger partial charge in [-0.15, -0.1) is 0 Å². The molecule has 5 nitrogen and oxygen atoms in total. The molecule has 0 saturated carbocycles. The number of carbonyl (C=O) groups is 1. The second-order valence-electron chi connectivity index (χ2n) is 5.77. The highest BCUT2D eigenvalue weighted by Crippen LogP contribution is 2.34. The summed E-state index contributed by atoms with van der Waals surface area (Å²) >= 11 is 0. The summed E-state index contributed by atoms with van der Waals surface area (Å²) in [6.45, 7) is 4.12. The minimum Gasteiger partial charge on any atom is -0.338 e. The Bertz CT molecular complexity index is 753. The number of halogens is 3. The fourth-order valence-electron chi connectivity index (χ4n) is 2.93. The predicted octanol–water partition coefficient (Wildman–Crippen LogP) is 2.78. The quantitative estimate of drug-likeness (QED) is 0.853. The number of alkyl halides is 3. The van der Waals surface area contributed by atoms with Gasteiger partial charge in [-0.1, -0.05) is 0 Å². The van der Waals surface area contributed by atoms with E-state index >= 15 is 0 Å². The summed E-state index contributed by atoms with van der Waals surface area (Å²) in [6, 6.07) is 1.67. The Morgan fingerprint density at radius 1 is 1.43 bits per heavy atom. The zero-order valence-electron chi connectivity index (χ0n) is 12.9. The van der Waals surface area contributed by atoms with Crippen molar-refractivity contribution in [1.82, 2.24) is 19.7 Å². The third kappa shape index (κ3) is 2.77. The van der Waals surface area contributed by atoms with Crippen LogP contribution in [0.25, 0.3) is 11.0 Å². The molecule has 0 aliphatic carbocycles. The molecule has 3 rings (SSSR count). The normalized spacial score (nSPS) is 18.8. The van der Waals surface area contributed by atoms with Crippen molar-refractivity contribution in [2.45, 2.75) is 33.0 Å². The molecular weight excluding hydrogens is 309 g/mol. The molecule has 2 aromatic rings. The van der Waals surface area contributed by atoms with Crippen LogP contribution in [0.2, 0.25) is 0 Å². The Hall–Kier alpha value is -2.12. The van der Waals surface area contributed by atoms with Crippen LogP contribution in [-0.4, -0.2) is 44.8 Å². The first kappa shape index (κ1) is 15.8. The number of hydrogen-bond donors (Lipinski definition) is 0. The van der Waals surface area contributed by atoms with E-state index in [2.05, 4.69) is 10.1 Å². The summed E-state index contributed by atoms with van der Waals surface area (Å²) in [6.07, 6.45) is -2.68. The summed E-state index contributed by atoms with van der Waals surface area (Å²) in [5.41, 5.74) is 1.53. The molecule has 1 unspecified atom stereocenters. The minimum atomic E-state index is -4.26. The maximum Gasteiger partial charge on any atom is 0.393 e. The van der Waals surface area contributed by atoms with E-state index in [0.29, 0.717) is 28.8 Å². The standard InChI is InChI=1S/C15H17F3N4O/c1-3-22-13-10(7-19-22)6-12(9(2)20-13)14(23)21-5-4-11(8-21)15(16,17)18/h6-7,11H,3-5,8H2,1-2H3. The van der Waals surface area contributed by atoms with E-state index in [1.165, 1.54) is 4.90 Å². The number of carbonyl (C=O) groups excluding carboxylic acids is 1. The topological polar surface area (TPSA) is 51.0 Å². The van der Waals surface area contributed by atoms with E-state index < -0.39 is 18.0 Å². The van der Waals surface area contributed by atoms with Crippen molar-refractivity contribution in [2.75, 3.05) is 13.1 Å². The molecule has 1 aliphatic rings. The van der Waals surface area contributed by atoms with Gasteiger partial charge in [-0.05, 0) is 26.3 Å². The molecule has 1 amide bonds. The second-order valence-corrected chi connectivity index (χ2v) is 5.77. The van der Waals surface area contributed by atoms with E-state index in [4.69, 9.17) is 0 Å². The van der Waals surface area contributed by atoms with Crippen molar-refractivity contribution in [2.24, 2.45) is 5.92 Å². The van der Waals surface area contributed by atoms with Gasteiger partial charge in [-0.3, -0.25) is 4.79 Å². The number of aryl methyl sites for hydroxylation is 2. The Morgan fingerprint density at radius 3 is 2.78 bits per heavy atom. The van der Waals surface area contributed by atoms with Crippen molar-refractivity contribution in [1.29, 1.82) is 0 Å². The van der Waals surface area contributed by atoms with Gasteiger partial charge in [-0.2, -0.15) is 18.3 Å². The molecule has 0 radical (unpaired) electrons. The van der Waals surface area contributed by atoms with Crippen LogP contribution in [0.1, 0.15) is 29.4 Å². The van der Waals surface area contributed by atoms with E-state index in [9.17, 15) is 18.0 Å². The van der Waals surface area contributed by atoms with Crippen LogP contribution in [0.15, 0.2) is 12.3 Å². The van der Waals surface area contributed by atoms with E-state index in [1.54, 1.807) is 23.9 Å². The van der Waals surface area contributed by atoms with Gasteiger partial charge >= 0.3 is 6.18 Å². The second kappa shape index (κ2) is 5.50. The van der Waals surface area contributed by atoms with Crippen LogP contribution in [0.3, 0.4) is 0 Å². The first-order valence-corrected chi connectivity index (χ1v) is 7.50. The van der Waals surface area contributed by atoms with Crippen LogP contribution in [0, 0.1) is 12.8 Å². The van der Waals surface area contributed by atoms with Crippen LogP contribution < -0.4 is 0 Å². The highest BCUT2D eigenvalue weighted by Gasteiger charge is 2.44. The molecule has 1 fully saturated rings. The van der Waals surface area contributed by atoms with Crippen molar-refractivity contribution in [3.05, 3.63) is 23.5 Å². The molecular formula is C15H17F3N4O. The van der Waals surface area contributed by atoms with Gasteiger partial charge in [0.15, 0.2) is 5.65 Å². The summed E-state index contributed by atoms with van der Waals surface area (Å²) in [5.74, 6) is -1.83. The van der Waals surface area contributed by atoms with E-state index in [1.807, 2.05) is 6.92 Å². The molecule has 8 heteroatoms. The number of rotatable bonds is 2. The average Bonchev–Trinajstić information content (AvgIpc) is 3.11. The number of hydrogen-bond acceptors (Lipinski definition) is 3. The lowest BCUT2D eigenvalue weighted by Gasteiger charge is -2.18. The average molecular weight is 326 g/mol. The summed E-state index contributed by atoms with van der Waals surface area (Å²) in [5, 5.41) is 4.89. The summed E-state index contributed by atoms with van der Waals surface area (Å²) < 4.78 is 40.0. The smallest absolute Gasteiger partial charge is 0.338 e. The number of pyridine rings is 1. The molecule has 1 atom stereocenters. The van der Waals surface area contributed by atoms with Gasteiger partial charge < -0.3 is 4.90 Å². The predicted molar refractivity (Wildman–Crippen MR) is 78.0 cm³/mol. The number of fused-ring (bicyclic) bond motifs is 1. The monoisotopic (exact) mass is 326 g/mol. The molecule has 0 aromatic carbocycles. The van der Waals surface area contributed by atoms with Crippen molar-refractivity contribution in [3.63, 3.8) is 0 Å². The fourth-order valence-corrected chi connectivity index (χ4v) is 2.93. The van der Waals surface area contributed by atoms with Crippen LogP contribution in [0.4, 0.5) is 13.2 Å². The molecule has 124 valence electrons. The SMILES string of the molecule is CCn1ncc2cc(C(=O)N3CCC(C(F)(F)F)C3)c(C)nc21. The van der Waals surface area contributed by atoms with Crippen molar-refractivity contribution < 1.29 is 18.0 Å². The van der Waals surface area contributed by atoms with Gasteiger partial charge in [-0.25, -0.2) is 9.67 Å². The van der Waals surface area contributed by atoms with Gasteiger partial charge in [0.25, 0.3) is 5.91 Å². The van der Waals surface area contributed by atoms with Gasteiger partial charge in [0.1, 0.15) is 0 Å². The van der Waals surface area contributed by atoms with Gasteiger partial charge in [0, 0.05) is 25.0 Å². The Balaban J connectivity index is 1.88. The lowest BCUT2D eigenvalue weighted by molar-refractivity contribution is -0.169. The Morgan fingerprint density at radius 2 is 2.17 bits per heavy atom. The van der Waals surface area contributed by atoms with Gasteiger partial charge in [0.2, 0.25) is 0 Å². The zero-order valence-corrected chi connectivity index (χ0v) is 12.9. The van der Waals surface area contributed by atoms with Crippen molar-refractivity contribution >= 4 is 16.9 Å². The highest BCUT2D eigenvalue weighted by atomic mass is 19.4. The van der Waals surface area contributed by atoms with E-state index in [0.717, 1.165) is 0 Å². The lowest BCUT2D eigenvalue weighted by atomic mass is 10.1. The molecule has 1 saturated heterocycles. The fraction of sp³-hybridized carbons (Fsp3) is 0.533. The maximum absolute atomic E-state index is 12.8. The summed E-state index contributed by atoms with van der Waals surface area (Å²) in [4.78, 5) is 18.2. The van der Waals surface area contributed by atoms with Crippen molar-refractivity contribution in [3.8, 4) is 0 Å². The highest BCUT2D eigenvalue weighted by molar-refractivity contribution is 5.98. The third-order valence-corrected chi connectivity index (χ3v) is 4.27. The molecule has 3 heterocycles. The molecule has 0 spiro atoms. The first-order valence-electron chi connectivity index (χ1n) is 7.50. The maximum atomic E-state index is 12.8. The molecule has 23 heavy (non-hydrogen) atoms. The molecule has 2 aromatic heterocycles. The van der Waals surface area contributed by atoms with Gasteiger partial charge in [0.05, 0.1) is 23.4 Å². The molecule has 0 N–H and O–H groups in total. The molecule has 1 aliphatic heterocycles. The van der Waals surface area contributed by atoms with Crippen LogP contribution in [0.5, 0.6) is 0 Å². The number of amides is 1. The third-order valence-electron chi connectivity index (χ3n) is 4.27. The summed E-state index contributed by atoms with van der Waals surface area (Å²) in [7, 11) is 0. The zero-order chi connectivity index (χ0) is 16.8. The Kier molecular flexibility index (Phi) is 3.77. The number of aromatic nitrogens is 3. The minimum absolute atomic E-state index is 0.0439. The lowest BCUT2D eigenvalue weighted by Crippen LogP contribution is -2.32. The molecule has 0 bridgehead atoms. The number of nitrogens with zero attached hydrogens (tertiary/aromatic N) is 4. The van der Waals surface area contributed by atoms with Crippen LogP contribution >= 0.6 is 0 Å². The Labute approximate surface area is 131 Å². The largest absolute Gasteiger partial charge is 0.393 e. The number of likely N-dealkylation sites (tertiary alicyclic amines) is 1. The van der Waals surface area contributed by atoms with E-state index in [-0.39, 0.29) is 19.5 Å². The first-order chi connectivity index (χ1) is 10.8. The van der Waals surface area contributed by atoms with Crippen LogP contribution in [-0.2, 0) is 6.54 Å².